The fourth-order valence-corrected chi connectivity index (χ4v) is 3.46. The average molecular weight is 504 g/mol. The van der Waals surface area contributed by atoms with Crippen LogP contribution in [0.25, 0.3) is 0 Å². The fourth-order valence-electron chi connectivity index (χ4n) is 1.91. The Labute approximate surface area is 159 Å². The zero-order chi connectivity index (χ0) is 17.7. The number of benzene rings is 2. The third kappa shape index (κ3) is 4.74. The molecule has 0 heterocycles. The van der Waals surface area contributed by atoms with E-state index in [1.54, 1.807) is 18.2 Å². The maximum atomic E-state index is 11.9. The smallest absolute Gasteiger partial charge is 0.273 e. The minimum Gasteiger partial charge on any atom is -0.506 e. The number of halogens is 2. The van der Waals surface area contributed by atoms with Gasteiger partial charge in [0.25, 0.3) is 5.69 Å². The molecular formula is C15H11BrIN3O4. The maximum Gasteiger partial charge on any atom is 0.273 e. The van der Waals surface area contributed by atoms with Crippen LogP contribution in [0.4, 0.5) is 5.69 Å². The summed E-state index contributed by atoms with van der Waals surface area (Å²) in [5.41, 5.74) is 2.91. The van der Waals surface area contributed by atoms with E-state index < -0.39 is 10.8 Å². The Hall–Kier alpha value is -2.01. The summed E-state index contributed by atoms with van der Waals surface area (Å²) >= 11 is 5.28. The minimum atomic E-state index is -0.534. The highest BCUT2D eigenvalue weighted by molar-refractivity contribution is 14.1. The highest BCUT2D eigenvalue weighted by Gasteiger charge is 2.15. The molecule has 24 heavy (non-hydrogen) atoms. The summed E-state index contributed by atoms with van der Waals surface area (Å²) in [6, 6.07) is 9.41. The SMILES string of the molecule is O=C(Cc1ccccc1[N+](=O)[O-])N/N=C\c1cc(Br)cc(I)c1O. The topological polar surface area (TPSA) is 105 Å². The predicted octanol–water partition coefficient (Wildman–Crippen LogP) is 3.36. The van der Waals surface area contributed by atoms with Crippen LogP contribution in [0.5, 0.6) is 5.75 Å². The molecule has 2 aromatic rings. The number of nitro benzene ring substituents is 1. The second-order valence-corrected chi connectivity index (χ2v) is 6.76. The summed E-state index contributed by atoms with van der Waals surface area (Å²) in [5, 5.41) is 24.6. The first-order chi connectivity index (χ1) is 11.4. The van der Waals surface area contributed by atoms with E-state index >= 15 is 0 Å². The molecule has 124 valence electrons. The summed E-state index contributed by atoms with van der Waals surface area (Å²) in [5.74, 6) is -0.444. The number of nitrogens with zero attached hydrogens (tertiary/aromatic N) is 2. The number of hydrogen-bond donors (Lipinski definition) is 2. The highest BCUT2D eigenvalue weighted by Crippen LogP contribution is 2.27. The van der Waals surface area contributed by atoms with Crippen molar-refractivity contribution in [3.8, 4) is 5.75 Å². The lowest BCUT2D eigenvalue weighted by Gasteiger charge is -2.04. The average Bonchev–Trinajstić information content (AvgIpc) is 2.52. The van der Waals surface area contributed by atoms with E-state index in [1.165, 1.54) is 24.4 Å². The van der Waals surface area contributed by atoms with Crippen molar-refractivity contribution >= 4 is 56.3 Å². The quantitative estimate of drug-likeness (QED) is 0.282. The first kappa shape index (κ1) is 18.3. The van der Waals surface area contributed by atoms with Gasteiger partial charge in [-0.25, -0.2) is 5.43 Å². The Bertz CT molecular complexity index is 826. The fraction of sp³-hybridized carbons (Fsp3) is 0.0667. The van der Waals surface area contributed by atoms with E-state index in [1.807, 2.05) is 22.6 Å². The van der Waals surface area contributed by atoms with Crippen molar-refractivity contribution < 1.29 is 14.8 Å². The first-order valence-corrected chi connectivity index (χ1v) is 8.48. The van der Waals surface area contributed by atoms with Crippen molar-refractivity contribution in [2.75, 3.05) is 0 Å². The largest absolute Gasteiger partial charge is 0.506 e. The van der Waals surface area contributed by atoms with Gasteiger partial charge >= 0.3 is 0 Å². The van der Waals surface area contributed by atoms with Crippen molar-refractivity contribution in [1.29, 1.82) is 0 Å². The molecule has 0 saturated heterocycles. The van der Waals surface area contributed by atoms with Crippen LogP contribution in [0.2, 0.25) is 0 Å². The number of phenols is 1. The van der Waals surface area contributed by atoms with E-state index in [-0.39, 0.29) is 17.9 Å². The number of carbonyl (C=O) groups excluding carboxylic acids is 1. The molecule has 0 unspecified atom stereocenters. The molecule has 0 aromatic heterocycles. The predicted molar refractivity (Wildman–Crippen MR) is 101 cm³/mol. The molecule has 0 aliphatic heterocycles. The van der Waals surface area contributed by atoms with Crippen molar-refractivity contribution in [2.24, 2.45) is 5.10 Å². The number of nitro groups is 1. The summed E-state index contributed by atoms with van der Waals surface area (Å²) < 4.78 is 1.40. The van der Waals surface area contributed by atoms with Gasteiger partial charge in [-0.3, -0.25) is 14.9 Å². The molecule has 0 aliphatic carbocycles. The van der Waals surface area contributed by atoms with Gasteiger partial charge in [0, 0.05) is 21.7 Å². The maximum absolute atomic E-state index is 11.9. The zero-order valence-corrected chi connectivity index (χ0v) is 15.8. The third-order valence-electron chi connectivity index (χ3n) is 2.99. The summed E-state index contributed by atoms with van der Waals surface area (Å²) in [6.45, 7) is 0. The summed E-state index contributed by atoms with van der Waals surface area (Å²) in [4.78, 5) is 22.3. The number of hydrazone groups is 1. The molecule has 2 aromatic carbocycles. The lowest BCUT2D eigenvalue weighted by Crippen LogP contribution is -2.20. The number of carbonyl (C=O) groups is 1. The van der Waals surface area contributed by atoms with Crippen LogP contribution >= 0.6 is 38.5 Å². The van der Waals surface area contributed by atoms with Gasteiger partial charge in [-0.1, -0.05) is 34.1 Å². The number of aromatic hydroxyl groups is 1. The number of para-hydroxylation sites is 1. The Morgan fingerprint density at radius 3 is 2.83 bits per heavy atom. The molecule has 2 rings (SSSR count). The molecule has 0 aliphatic rings. The summed E-state index contributed by atoms with van der Waals surface area (Å²) in [6.07, 6.45) is 1.13. The summed E-state index contributed by atoms with van der Waals surface area (Å²) in [7, 11) is 0. The van der Waals surface area contributed by atoms with Crippen LogP contribution < -0.4 is 5.43 Å². The molecular weight excluding hydrogens is 493 g/mol. The Morgan fingerprint density at radius 2 is 2.12 bits per heavy atom. The van der Waals surface area contributed by atoms with Crippen LogP contribution in [-0.2, 0) is 11.2 Å². The molecule has 1 amide bonds. The van der Waals surface area contributed by atoms with Crippen LogP contribution in [0.1, 0.15) is 11.1 Å². The molecule has 0 spiro atoms. The highest BCUT2D eigenvalue weighted by atomic mass is 127. The molecule has 0 atom stereocenters. The van der Waals surface area contributed by atoms with Crippen LogP contribution in [0.15, 0.2) is 46.0 Å². The van der Waals surface area contributed by atoms with E-state index in [9.17, 15) is 20.0 Å². The molecule has 0 bridgehead atoms. The molecule has 0 saturated carbocycles. The van der Waals surface area contributed by atoms with Gasteiger partial charge in [-0.15, -0.1) is 0 Å². The first-order valence-electron chi connectivity index (χ1n) is 6.60. The third-order valence-corrected chi connectivity index (χ3v) is 4.27. The normalized spacial score (nSPS) is 10.8. The van der Waals surface area contributed by atoms with Crippen LogP contribution in [-0.4, -0.2) is 22.2 Å². The standard InChI is InChI=1S/C15H11BrIN3O4/c16-11-5-10(15(22)12(17)7-11)8-18-19-14(21)6-9-3-1-2-4-13(9)20(23)24/h1-5,7-8,22H,6H2,(H,19,21)/b18-8-. The van der Waals surface area contributed by atoms with Crippen molar-refractivity contribution in [1.82, 2.24) is 5.43 Å². The Balaban J connectivity index is 2.06. The number of phenolic OH excluding ortho intramolecular Hbond substituents is 1. The Kier molecular flexibility index (Phi) is 6.26. The molecule has 7 nitrogen and oxygen atoms in total. The number of amides is 1. The second kappa shape index (κ2) is 8.20. The van der Waals surface area contributed by atoms with Gasteiger partial charge < -0.3 is 5.11 Å². The van der Waals surface area contributed by atoms with Crippen LogP contribution in [0, 0.1) is 13.7 Å². The Morgan fingerprint density at radius 1 is 1.42 bits per heavy atom. The molecule has 0 fully saturated rings. The van der Waals surface area contributed by atoms with Gasteiger partial charge in [0.2, 0.25) is 5.91 Å². The molecule has 2 N–H and O–H groups in total. The van der Waals surface area contributed by atoms with E-state index in [4.69, 9.17) is 0 Å². The zero-order valence-electron chi connectivity index (χ0n) is 12.1. The minimum absolute atomic E-state index is 0.0514. The van der Waals surface area contributed by atoms with Crippen molar-refractivity contribution in [2.45, 2.75) is 6.42 Å². The van der Waals surface area contributed by atoms with Gasteiger partial charge in [-0.2, -0.15) is 5.10 Å². The second-order valence-electron chi connectivity index (χ2n) is 4.68. The van der Waals surface area contributed by atoms with E-state index in [2.05, 4.69) is 26.5 Å². The van der Waals surface area contributed by atoms with Gasteiger partial charge in [0.1, 0.15) is 5.75 Å². The lowest BCUT2D eigenvalue weighted by molar-refractivity contribution is -0.385. The number of nitrogens with one attached hydrogen (secondary N) is 1. The lowest BCUT2D eigenvalue weighted by atomic mass is 10.1. The number of hydrogen-bond acceptors (Lipinski definition) is 5. The van der Waals surface area contributed by atoms with Gasteiger partial charge in [0.05, 0.1) is 21.1 Å². The van der Waals surface area contributed by atoms with E-state index in [0.717, 1.165) is 4.47 Å². The van der Waals surface area contributed by atoms with E-state index in [0.29, 0.717) is 14.7 Å². The number of rotatable bonds is 5. The van der Waals surface area contributed by atoms with Crippen LogP contribution in [0.3, 0.4) is 0 Å². The molecule has 0 radical (unpaired) electrons. The van der Waals surface area contributed by atoms with Crippen molar-refractivity contribution in [3.63, 3.8) is 0 Å². The molecule has 9 heteroatoms. The van der Waals surface area contributed by atoms with Gasteiger partial charge in [0.15, 0.2) is 0 Å². The monoisotopic (exact) mass is 503 g/mol. The van der Waals surface area contributed by atoms with Crippen molar-refractivity contribution in [3.05, 3.63) is 65.7 Å². The van der Waals surface area contributed by atoms with Gasteiger partial charge in [-0.05, 0) is 34.7 Å².